The van der Waals surface area contributed by atoms with Gasteiger partial charge in [0.1, 0.15) is 0 Å². The van der Waals surface area contributed by atoms with Crippen LogP contribution in [-0.2, 0) is 11.8 Å². The molecular weight excluding hydrogens is 228 g/mol. The van der Waals surface area contributed by atoms with E-state index in [1.54, 1.807) is 0 Å². The molecule has 0 heterocycles. The maximum absolute atomic E-state index is 4.25. The van der Waals surface area contributed by atoms with Gasteiger partial charge in [0.15, 0.2) is 0 Å². The summed E-state index contributed by atoms with van der Waals surface area (Å²) in [4.78, 5) is 0. The Kier molecular flexibility index (Phi) is 4.66. The van der Waals surface area contributed by atoms with E-state index < -0.39 is 0 Å². The fourth-order valence-corrected chi connectivity index (χ4v) is 2.03. The van der Waals surface area contributed by atoms with Crippen molar-refractivity contribution < 1.29 is 0 Å². The molecule has 0 aliphatic carbocycles. The average Bonchev–Trinajstić information content (AvgIpc) is 2.26. The molecule has 0 amide bonds. The first-order chi connectivity index (χ1) is 8.51. The summed E-state index contributed by atoms with van der Waals surface area (Å²) in [5, 5.41) is 0. The summed E-state index contributed by atoms with van der Waals surface area (Å²) in [5.74, 6) is 1.40. The van der Waals surface area contributed by atoms with E-state index in [4.69, 9.17) is 0 Å². The van der Waals surface area contributed by atoms with Crippen LogP contribution in [0.25, 0.3) is 0 Å². The molecule has 0 aliphatic rings. The topological polar surface area (TPSA) is 0 Å². The minimum Gasteiger partial charge on any atom is -0.0989 e. The van der Waals surface area contributed by atoms with Gasteiger partial charge in [-0.05, 0) is 28.4 Å². The van der Waals surface area contributed by atoms with Crippen molar-refractivity contribution in [3.05, 3.63) is 53.5 Å². The molecule has 0 saturated heterocycles. The molecule has 1 radical (unpaired) electrons. The zero-order valence-electron chi connectivity index (χ0n) is 13.7. The number of benzene rings is 1. The fraction of sp³-hybridized carbons (Fsp3) is 0.526. The molecule has 1 aromatic rings. The molecule has 0 unspecified atom stereocenters. The van der Waals surface area contributed by atoms with Crippen LogP contribution in [0.2, 0.25) is 0 Å². The third-order valence-electron chi connectivity index (χ3n) is 3.89. The van der Waals surface area contributed by atoms with E-state index in [2.05, 4.69) is 79.3 Å². The van der Waals surface area contributed by atoms with Crippen LogP contribution in [-0.4, -0.2) is 0 Å². The van der Waals surface area contributed by atoms with Crippen LogP contribution in [0.3, 0.4) is 0 Å². The minimum atomic E-state index is 0.211. The zero-order valence-corrected chi connectivity index (χ0v) is 13.7. The maximum Gasteiger partial charge on any atom is 0.00286 e. The van der Waals surface area contributed by atoms with Crippen molar-refractivity contribution >= 4 is 0 Å². The molecule has 0 spiro atoms. The summed E-state index contributed by atoms with van der Waals surface area (Å²) in [7, 11) is 0. The second-order valence-electron chi connectivity index (χ2n) is 7.60. The quantitative estimate of drug-likeness (QED) is 0.649. The number of rotatable bonds is 3. The first-order valence-corrected chi connectivity index (χ1v) is 7.13. The second kappa shape index (κ2) is 5.53. The number of hydrogen-bond acceptors (Lipinski definition) is 0. The first-order valence-electron chi connectivity index (χ1n) is 7.13. The molecule has 0 aromatic heterocycles. The van der Waals surface area contributed by atoms with Crippen LogP contribution in [0.1, 0.15) is 59.6 Å². The highest BCUT2D eigenvalue weighted by Gasteiger charge is 2.23. The molecule has 0 heteroatoms. The largest absolute Gasteiger partial charge is 0.0989 e. The highest BCUT2D eigenvalue weighted by molar-refractivity contribution is 5.34. The molecule has 0 nitrogen and oxygen atoms in total. The standard InChI is InChI=1S/C19H29/c1-14(15(2)18(3,4)5)13-16-9-11-17(12-10-16)19(6,7)8/h9-12H,1,13H2,2-8H3. The molecule has 0 aliphatic heterocycles. The van der Waals surface area contributed by atoms with Gasteiger partial charge in [-0.15, -0.1) is 0 Å². The van der Waals surface area contributed by atoms with Crippen LogP contribution in [0.15, 0.2) is 36.4 Å². The minimum absolute atomic E-state index is 0.211. The highest BCUT2D eigenvalue weighted by atomic mass is 14.3. The van der Waals surface area contributed by atoms with E-state index in [1.165, 1.54) is 22.6 Å². The monoisotopic (exact) mass is 257 g/mol. The van der Waals surface area contributed by atoms with Gasteiger partial charge in [0, 0.05) is 5.92 Å². The van der Waals surface area contributed by atoms with Gasteiger partial charge >= 0.3 is 0 Å². The summed E-state index contributed by atoms with van der Waals surface area (Å²) in [6.07, 6.45) is 0.952. The lowest BCUT2D eigenvalue weighted by Crippen LogP contribution is -2.18. The van der Waals surface area contributed by atoms with Crippen LogP contribution >= 0.6 is 0 Å². The van der Waals surface area contributed by atoms with Gasteiger partial charge in [-0.1, -0.05) is 84.9 Å². The number of hydrogen-bond donors (Lipinski definition) is 0. The molecule has 1 rings (SSSR count). The zero-order chi connectivity index (χ0) is 14.8. The predicted octanol–water partition coefficient (Wildman–Crippen LogP) is 5.72. The Labute approximate surface area is 119 Å². The van der Waals surface area contributed by atoms with Crippen molar-refractivity contribution in [2.45, 2.75) is 60.3 Å². The van der Waals surface area contributed by atoms with E-state index >= 15 is 0 Å². The summed E-state index contributed by atoms with van der Waals surface area (Å²) < 4.78 is 0. The van der Waals surface area contributed by atoms with E-state index in [-0.39, 0.29) is 10.8 Å². The van der Waals surface area contributed by atoms with Crippen molar-refractivity contribution in [2.24, 2.45) is 5.41 Å². The molecule has 19 heavy (non-hydrogen) atoms. The summed E-state index contributed by atoms with van der Waals surface area (Å²) in [6.45, 7) is 19.9. The van der Waals surface area contributed by atoms with Crippen LogP contribution < -0.4 is 0 Å². The van der Waals surface area contributed by atoms with Crippen molar-refractivity contribution in [3.63, 3.8) is 0 Å². The average molecular weight is 257 g/mol. The normalized spacial score (nSPS) is 12.8. The van der Waals surface area contributed by atoms with E-state index in [1.807, 2.05) is 0 Å². The SMILES string of the molecule is C=C(Cc1ccc(C(C)(C)C)cc1)[C](C)C(C)(C)C. The Hall–Kier alpha value is -1.04. The fourth-order valence-electron chi connectivity index (χ4n) is 2.03. The maximum atomic E-state index is 4.25. The molecule has 105 valence electrons. The van der Waals surface area contributed by atoms with Crippen LogP contribution in [0.5, 0.6) is 0 Å². The Morgan fingerprint density at radius 3 is 1.79 bits per heavy atom. The smallest absolute Gasteiger partial charge is 0.00286 e. The van der Waals surface area contributed by atoms with Crippen LogP contribution in [0, 0.1) is 11.3 Å². The summed E-state index contributed by atoms with van der Waals surface area (Å²) >= 11 is 0. The third-order valence-corrected chi connectivity index (χ3v) is 3.89. The van der Waals surface area contributed by atoms with Crippen molar-refractivity contribution in [2.75, 3.05) is 0 Å². The van der Waals surface area contributed by atoms with Gasteiger partial charge in [0.2, 0.25) is 0 Å². The van der Waals surface area contributed by atoms with Gasteiger partial charge in [-0.3, -0.25) is 0 Å². The van der Waals surface area contributed by atoms with Gasteiger partial charge in [-0.2, -0.15) is 0 Å². The molecule has 1 aromatic carbocycles. The molecule has 0 saturated carbocycles. The number of allylic oxidation sites excluding steroid dienone is 1. The predicted molar refractivity (Wildman–Crippen MR) is 86.4 cm³/mol. The first kappa shape index (κ1) is 16.0. The van der Waals surface area contributed by atoms with E-state index in [0.717, 1.165) is 6.42 Å². The molecule has 0 fully saturated rings. The Bertz CT molecular complexity index is 421. The lowest BCUT2D eigenvalue weighted by atomic mass is 9.76. The molecule has 0 N–H and O–H groups in total. The van der Waals surface area contributed by atoms with Crippen molar-refractivity contribution in [1.29, 1.82) is 0 Å². The van der Waals surface area contributed by atoms with Crippen molar-refractivity contribution in [3.8, 4) is 0 Å². The summed E-state index contributed by atoms with van der Waals surface area (Å²) in [5.41, 5.74) is 4.42. The Balaban J connectivity index is 2.77. The summed E-state index contributed by atoms with van der Waals surface area (Å²) in [6, 6.07) is 8.97. The molecular formula is C19H29. The van der Waals surface area contributed by atoms with Crippen molar-refractivity contribution in [1.82, 2.24) is 0 Å². The van der Waals surface area contributed by atoms with Gasteiger partial charge in [-0.25, -0.2) is 0 Å². The van der Waals surface area contributed by atoms with E-state index in [0.29, 0.717) is 0 Å². The van der Waals surface area contributed by atoms with Gasteiger partial charge in [0.25, 0.3) is 0 Å². The third kappa shape index (κ3) is 4.53. The lowest BCUT2D eigenvalue weighted by molar-refractivity contribution is 0.445. The Morgan fingerprint density at radius 2 is 1.42 bits per heavy atom. The van der Waals surface area contributed by atoms with Gasteiger partial charge in [0.05, 0.1) is 0 Å². The van der Waals surface area contributed by atoms with E-state index in [9.17, 15) is 0 Å². The van der Waals surface area contributed by atoms with Crippen LogP contribution in [0.4, 0.5) is 0 Å². The van der Waals surface area contributed by atoms with Gasteiger partial charge < -0.3 is 0 Å². The Morgan fingerprint density at radius 1 is 0.947 bits per heavy atom. The molecule has 0 bridgehead atoms. The molecule has 0 atom stereocenters. The lowest BCUT2D eigenvalue weighted by Gasteiger charge is -2.28. The second-order valence-corrected chi connectivity index (χ2v) is 7.60. The highest BCUT2D eigenvalue weighted by Crippen LogP contribution is 2.34.